The molecule has 16 heavy (non-hydrogen) atoms. The van der Waals surface area contributed by atoms with Crippen LogP contribution in [0.25, 0.3) is 10.9 Å². The Bertz CT molecular complexity index is 576. The highest BCUT2D eigenvalue weighted by Crippen LogP contribution is 2.42. The molecule has 4 heteroatoms. The van der Waals surface area contributed by atoms with Crippen LogP contribution in [0.2, 0.25) is 15.1 Å². The van der Waals surface area contributed by atoms with Gasteiger partial charge in [0.2, 0.25) is 0 Å². The predicted molar refractivity (Wildman–Crippen MR) is 68.7 cm³/mol. The smallest absolute Gasteiger partial charge is 0.0921 e. The fourth-order valence-corrected chi connectivity index (χ4v) is 2.63. The lowest BCUT2D eigenvalue weighted by Gasteiger charge is -2.07. The molecule has 1 heterocycles. The Balaban J connectivity index is 2.36. The van der Waals surface area contributed by atoms with E-state index in [-0.39, 0.29) is 0 Å². The lowest BCUT2D eigenvalue weighted by molar-refractivity contribution is 1.04. The minimum Gasteiger partial charge on any atom is -0.251 e. The Kier molecular flexibility index (Phi) is 2.50. The molecule has 1 fully saturated rings. The third-order valence-corrected chi connectivity index (χ3v) is 3.75. The van der Waals surface area contributed by atoms with Crippen molar-refractivity contribution < 1.29 is 0 Å². The molecule has 0 aliphatic heterocycles. The van der Waals surface area contributed by atoms with Gasteiger partial charge in [0.15, 0.2) is 0 Å². The van der Waals surface area contributed by atoms with E-state index in [4.69, 9.17) is 34.8 Å². The molecule has 0 bridgehead atoms. The van der Waals surface area contributed by atoms with Crippen LogP contribution in [0.15, 0.2) is 18.2 Å². The number of aromatic nitrogens is 1. The first-order valence-corrected chi connectivity index (χ1v) is 6.24. The van der Waals surface area contributed by atoms with Crippen LogP contribution in [-0.2, 0) is 0 Å². The Hall–Kier alpha value is -0.500. The average molecular weight is 273 g/mol. The van der Waals surface area contributed by atoms with Crippen molar-refractivity contribution in [2.45, 2.75) is 18.8 Å². The second kappa shape index (κ2) is 3.76. The van der Waals surface area contributed by atoms with Gasteiger partial charge in [-0.1, -0.05) is 34.8 Å². The van der Waals surface area contributed by atoms with Crippen molar-refractivity contribution in [1.29, 1.82) is 0 Å². The quantitative estimate of drug-likeness (QED) is 0.706. The van der Waals surface area contributed by atoms with Crippen LogP contribution in [-0.4, -0.2) is 4.98 Å². The van der Waals surface area contributed by atoms with Crippen LogP contribution in [0.1, 0.15) is 24.5 Å². The highest BCUT2D eigenvalue weighted by molar-refractivity contribution is 6.44. The number of pyridine rings is 1. The van der Waals surface area contributed by atoms with E-state index in [1.54, 1.807) is 12.1 Å². The summed E-state index contributed by atoms with van der Waals surface area (Å²) in [7, 11) is 0. The molecule has 0 saturated heterocycles. The van der Waals surface area contributed by atoms with E-state index in [0.717, 1.165) is 11.1 Å². The average Bonchev–Trinajstić information content (AvgIpc) is 3.06. The maximum atomic E-state index is 6.23. The maximum Gasteiger partial charge on any atom is 0.0921 e. The first-order valence-electron chi connectivity index (χ1n) is 5.11. The number of hydrogen-bond acceptors (Lipinski definition) is 1. The van der Waals surface area contributed by atoms with E-state index in [9.17, 15) is 0 Å². The van der Waals surface area contributed by atoms with Gasteiger partial charge in [0.1, 0.15) is 0 Å². The Labute approximate surface area is 108 Å². The van der Waals surface area contributed by atoms with Crippen LogP contribution in [0.5, 0.6) is 0 Å². The molecule has 0 spiro atoms. The number of halogens is 3. The molecule has 82 valence electrons. The van der Waals surface area contributed by atoms with Gasteiger partial charge in [0.05, 0.1) is 20.6 Å². The van der Waals surface area contributed by atoms with Gasteiger partial charge in [-0.05, 0) is 31.0 Å². The standard InChI is InChI=1S/C12H8Cl3N/c13-7-3-4-8(14)12-11(7)9(15)5-10(16-12)6-1-2-6/h3-6H,1-2H2. The molecule has 0 atom stereocenters. The van der Waals surface area contributed by atoms with Gasteiger partial charge in [0.25, 0.3) is 0 Å². The number of nitrogens with zero attached hydrogens (tertiary/aromatic N) is 1. The third-order valence-electron chi connectivity index (χ3n) is 2.83. The molecule has 1 aromatic carbocycles. The molecule has 3 rings (SSSR count). The zero-order valence-electron chi connectivity index (χ0n) is 8.30. The van der Waals surface area contributed by atoms with E-state index >= 15 is 0 Å². The van der Waals surface area contributed by atoms with Gasteiger partial charge >= 0.3 is 0 Å². The number of fused-ring (bicyclic) bond motifs is 1. The van der Waals surface area contributed by atoms with E-state index in [0.29, 0.717) is 26.5 Å². The monoisotopic (exact) mass is 271 g/mol. The van der Waals surface area contributed by atoms with Gasteiger partial charge in [-0.3, -0.25) is 4.98 Å². The van der Waals surface area contributed by atoms with Crippen LogP contribution in [0, 0.1) is 0 Å². The third kappa shape index (κ3) is 1.67. The van der Waals surface area contributed by atoms with Crippen LogP contribution < -0.4 is 0 Å². The molecule has 0 N–H and O–H groups in total. The molecule has 2 aromatic rings. The van der Waals surface area contributed by atoms with Crippen LogP contribution >= 0.6 is 34.8 Å². The van der Waals surface area contributed by atoms with Gasteiger partial charge in [0, 0.05) is 17.0 Å². The normalized spacial score (nSPS) is 15.7. The molecule has 1 aliphatic rings. The second-order valence-corrected chi connectivity index (χ2v) is 5.28. The van der Waals surface area contributed by atoms with E-state index < -0.39 is 0 Å². The zero-order chi connectivity index (χ0) is 11.3. The molecule has 1 aromatic heterocycles. The summed E-state index contributed by atoms with van der Waals surface area (Å²) < 4.78 is 0. The van der Waals surface area contributed by atoms with Crippen molar-refractivity contribution in [2.24, 2.45) is 0 Å². The first-order chi connectivity index (χ1) is 7.66. The van der Waals surface area contributed by atoms with Gasteiger partial charge < -0.3 is 0 Å². The Morgan fingerprint density at radius 3 is 2.38 bits per heavy atom. The number of rotatable bonds is 1. The topological polar surface area (TPSA) is 12.9 Å². The first kappa shape index (κ1) is 10.6. The highest BCUT2D eigenvalue weighted by Gasteiger charge is 2.26. The highest BCUT2D eigenvalue weighted by atomic mass is 35.5. The molecular weight excluding hydrogens is 264 g/mol. The molecule has 0 amide bonds. The van der Waals surface area contributed by atoms with E-state index in [2.05, 4.69) is 4.98 Å². The van der Waals surface area contributed by atoms with Gasteiger partial charge in [-0.2, -0.15) is 0 Å². The Morgan fingerprint density at radius 2 is 1.69 bits per heavy atom. The largest absolute Gasteiger partial charge is 0.251 e. The summed E-state index contributed by atoms with van der Waals surface area (Å²) in [6.07, 6.45) is 2.38. The lowest BCUT2D eigenvalue weighted by Crippen LogP contribution is -1.90. The fourth-order valence-electron chi connectivity index (χ4n) is 1.83. The minimum atomic E-state index is 0.553. The van der Waals surface area contributed by atoms with Crippen molar-refractivity contribution >= 4 is 45.7 Å². The molecule has 0 unspecified atom stereocenters. The number of benzene rings is 1. The van der Waals surface area contributed by atoms with Gasteiger partial charge in [-0.25, -0.2) is 0 Å². The Morgan fingerprint density at radius 1 is 1.00 bits per heavy atom. The summed E-state index contributed by atoms with van der Waals surface area (Å²) in [4.78, 5) is 4.56. The minimum absolute atomic E-state index is 0.553. The summed E-state index contributed by atoms with van der Waals surface area (Å²) >= 11 is 18.4. The van der Waals surface area contributed by atoms with Crippen molar-refractivity contribution in [3.8, 4) is 0 Å². The zero-order valence-corrected chi connectivity index (χ0v) is 10.6. The molecular formula is C12H8Cl3N. The van der Waals surface area contributed by atoms with E-state index in [1.165, 1.54) is 12.8 Å². The van der Waals surface area contributed by atoms with Crippen molar-refractivity contribution in [2.75, 3.05) is 0 Å². The summed E-state index contributed by atoms with van der Waals surface area (Å²) in [5, 5.41) is 2.59. The van der Waals surface area contributed by atoms with Crippen molar-refractivity contribution in [3.63, 3.8) is 0 Å². The SMILES string of the molecule is Clc1ccc(Cl)c2c(Cl)cc(C3CC3)nc12. The summed E-state index contributed by atoms with van der Waals surface area (Å²) in [5.41, 5.74) is 1.74. The second-order valence-electron chi connectivity index (χ2n) is 4.06. The number of hydrogen-bond donors (Lipinski definition) is 0. The van der Waals surface area contributed by atoms with Crippen molar-refractivity contribution in [1.82, 2.24) is 4.98 Å². The van der Waals surface area contributed by atoms with Crippen LogP contribution in [0.4, 0.5) is 0 Å². The summed E-state index contributed by atoms with van der Waals surface area (Å²) in [5.74, 6) is 0.553. The van der Waals surface area contributed by atoms with E-state index in [1.807, 2.05) is 6.07 Å². The van der Waals surface area contributed by atoms with Crippen molar-refractivity contribution in [3.05, 3.63) is 39.0 Å². The van der Waals surface area contributed by atoms with Gasteiger partial charge in [-0.15, -0.1) is 0 Å². The summed E-state index contributed by atoms with van der Waals surface area (Å²) in [6, 6.07) is 5.41. The summed E-state index contributed by atoms with van der Waals surface area (Å²) in [6.45, 7) is 0. The lowest BCUT2D eigenvalue weighted by atomic mass is 10.1. The molecule has 0 radical (unpaired) electrons. The molecule has 1 aliphatic carbocycles. The predicted octanol–water partition coefficient (Wildman–Crippen LogP) is 5.07. The van der Waals surface area contributed by atoms with Crippen LogP contribution in [0.3, 0.4) is 0 Å². The molecule has 1 saturated carbocycles. The fraction of sp³-hybridized carbons (Fsp3) is 0.250. The molecule has 1 nitrogen and oxygen atoms in total. The maximum absolute atomic E-state index is 6.23.